The first-order valence-electron chi connectivity index (χ1n) is 7.30. The molecule has 20 heavy (non-hydrogen) atoms. The molecule has 4 nitrogen and oxygen atoms in total. The summed E-state index contributed by atoms with van der Waals surface area (Å²) in [7, 11) is 5.61. The van der Waals surface area contributed by atoms with Gasteiger partial charge in [-0.1, -0.05) is 12.1 Å². The molecule has 1 N–H and O–H groups in total. The van der Waals surface area contributed by atoms with Gasteiger partial charge in [-0.3, -0.25) is 9.69 Å². The third-order valence-electron chi connectivity index (χ3n) is 3.90. The van der Waals surface area contributed by atoms with Gasteiger partial charge in [-0.05, 0) is 44.1 Å². The number of carbonyl (C=O) groups excluding carboxylic acids is 1. The van der Waals surface area contributed by atoms with Gasteiger partial charge in [0.1, 0.15) is 0 Å². The number of likely N-dealkylation sites (N-methyl/N-ethyl adjacent to an activating group) is 1. The maximum Gasteiger partial charge on any atom is 0.253 e. The molecule has 1 fully saturated rings. The number of piperidine rings is 1. The maximum atomic E-state index is 12.0. The van der Waals surface area contributed by atoms with E-state index in [1.54, 1.807) is 19.0 Å². The number of carbonyl (C=O) groups is 1. The van der Waals surface area contributed by atoms with E-state index in [2.05, 4.69) is 16.3 Å². The molecule has 0 aromatic heterocycles. The number of amides is 1. The van der Waals surface area contributed by atoms with E-state index in [1.165, 1.54) is 18.4 Å². The molecular formula is C16H25N3O. The molecule has 1 heterocycles. The summed E-state index contributed by atoms with van der Waals surface area (Å²) in [5, 5.41) is 3.36. The van der Waals surface area contributed by atoms with Crippen LogP contribution in [0, 0.1) is 0 Å². The molecule has 2 rings (SSSR count). The topological polar surface area (TPSA) is 35.6 Å². The standard InChI is InChI=1S/C16H25N3O/c1-17-15-8-5-9-19(12-15)11-13-6-4-7-14(10-13)16(20)18(2)3/h4,6-7,10,15,17H,5,8-9,11-12H2,1-3H3. The van der Waals surface area contributed by atoms with Gasteiger partial charge in [0, 0.05) is 38.8 Å². The lowest BCUT2D eigenvalue weighted by molar-refractivity contribution is 0.0827. The zero-order valence-electron chi connectivity index (χ0n) is 12.7. The molecule has 1 atom stereocenters. The van der Waals surface area contributed by atoms with Crippen LogP contribution in [0.25, 0.3) is 0 Å². The van der Waals surface area contributed by atoms with Crippen molar-refractivity contribution in [3.05, 3.63) is 35.4 Å². The smallest absolute Gasteiger partial charge is 0.253 e. The second-order valence-electron chi connectivity index (χ2n) is 5.76. The summed E-state index contributed by atoms with van der Waals surface area (Å²) in [5.74, 6) is 0.0681. The van der Waals surface area contributed by atoms with E-state index in [0.29, 0.717) is 6.04 Å². The molecule has 4 heteroatoms. The highest BCUT2D eigenvalue weighted by Crippen LogP contribution is 2.15. The number of nitrogens with one attached hydrogen (secondary N) is 1. The number of rotatable bonds is 4. The number of hydrogen-bond donors (Lipinski definition) is 1. The fraction of sp³-hybridized carbons (Fsp3) is 0.562. The molecule has 0 radical (unpaired) electrons. The SMILES string of the molecule is CNC1CCCN(Cc2cccc(C(=O)N(C)C)c2)C1. The van der Waals surface area contributed by atoms with Gasteiger partial charge >= 0.3 is 0 Å². The van der Waals surface area contributed by atoms with Crippen molar-refractivity contribution in [2.45, 2.75) is 25.4 Å². The minimum absolute atomic E-state index is 0.0681. The fourth-order valence-corrected chi connectivity index (χ4v) is 2.75. The zero-order valence-corrected chi connectivity index (χ0v) is 12.7. The number of hydrogen-bond acceptors (Lipinski definition) is 3. The average Bonchev–Trinajstić information content (AvgIpc) is 2.47. The van der Waals surface area contributed by atoms with E-state index < -0.39 is 0 Å². The molecule has 1 aromatic carbocycles. The number of likely N-dealkylation sites (tertiary alicyclic amines) is 1. The fourth-order valence-electron chi connectivity index (χ4n) is 2.75. The van der Waals surface area contributed by atoms with Crippen LogP contribution < -0.4 is 5.32 Å². The Labute approximate surface area is 121 Å². The minimum atomic E-state index is 0.0681. The summed E-state index contributed by atoms with van der Waals surface area (Å²) in [5.41, 5.74) is 1.99. The van der Waals surface area contributed by atoms with Gasteiger partial charge in [0.15, 0.2) is 0 Å². The van der Waals surface area contributed by atoms with Crippen molar-refractivity contribution in [3.8, 4) is 0 Å². The van der Waals surface area contributed by atoms with Crippen molar-refractivity contribution >= 4 is 5.91 Å². The maximum absolute atomic E-state index is 12.0. The van der Waals surface area contributed by atoms with E-state index >= 15 is 0 Å². The molecule has 1 amide bonds. The van der Waals surface area contributed by atoms with E-state index in [1.807, 2.05) is 25.2 Å². The first kappa shape index (κ1) is 15.0. The van der Waals surface area contributed by atoms with Gasteiger partial charge in [-0.25, -0.2) is 0 Å². The molecule has 0 aliphatic carbocycles. The van der Waals surface area contributed by atoms with Crippen molar-refractivity contribution in [3.63, 3.8) is 0 Å². The minimum Gasteiger partial charge on any atom is -0.345 e. The van der Waals surface area contributed by atoms with Crippen LogP contribution in [0.5, 0.6) is 0 Å². The van der Waals surface area contributed by atoms with Crippen LogP contribution in [0.4, 0.5) is 0 Å². The molecule has 1 aromatic rings. The van der Waals surface area contributed by atoms with Crippen molar-refractivity contribution in [1.29, 1.82) is 0 Å². The molecule has 1 unspecified atom stereocenters. The van der Waals surface area contributed by atoms with Gasteiger partial charge in [0.05, 0.1) is 0 Å². The van der Waals surface area contributed by atoms with Crippen molar-refractivity contribution in [2.75, 3.05) is 34.2 Å². The van der Waals surface area contributed by atoms with Crippen LogP contribution in [0.1, 0.15) is 28.8 Å². The summed E-state index contributed by atoms with van der Waals surface area (Å²) < 4.78 is 0. The Balaban J connectivity index is 2.02. The van der Waals surface area contributed by atoms with Crippen molar-refractivity contribution in [2.24, 2.45) is 0 Å². The first-order valence-corrected chi connectivity index (χ1v) is 7.30. The third kappa shape index (κ3) is 3.81. The highest BCUT2D eigenvalue weighted by molar-refractivity contribution is 5.94. The molecule has 0 bridgehead atoms. The van der Waals surface area contributed by atoms with Crippen LogP contribution in [0.2, 0.25) is 0 Å². The Morgan fingerprint density at radius 3 is 2.95 bits per heavy atom. The Morgan fingerprint density at radius 1 is 1.45 bits per heavy atom. The number of benzene rings is 1. The van der Waals surface area contributed by atoms with E-state index in [0.717, 1.165) is 25.2 Å². The lowest BCUT2D eigenvalue weighted by atomic mass is 10.0. The zero-order chi connectivity index (χ0) is 14.5. The first-order chi connectivity index (χ1) is 9.60. The van der Waals surface area contributed by atoms with Crippen molar-refractivity contribution < 1.29 is 4.79 Å². The number of nitrogens with zero attached hydrogens (tertiary/aromatic N) is 2. The second kappa shape index (κ2) is 6.86. The molecule has 1 aliphatic heterocycles. The Bertz CT molecular complexity index is 459. The third-order valence-corrected chi connectivity index (χ3v) is 3.90. The van der Waals surface area contributed by atoms with Gasteiger partial charge in [-0.2, -0.15) is 0 Å². The lowest BCUT2D eigenvalue weighted by Crippen LogP contribution is -2.43. The normalized spacial score (nSPS) is 19.9. The summed E-state index contributed by atoms with van der Waals surface area (Å²) in [6, 6.07) is 8.58. The van der Waals surface area contributed by atoms with Gasteiger partial charge in [0.25, 0.3) is 5.91 Å². The summed E-state index contributed by atoms with van der Waals surface area (Å²) in [6.07, 6.45) is 2.49. The van der Waals surface area contributed by atoms with Crippen LogP contribution >= 0.6 is 0 Å². The van der Waals surface area contributed by atoms with E-state index in [4.69, 9.17) is 0 Å². The summed E-state index contributed by atoms with van der Waals surface area (Å²) in [4.78, 5) is 16.1. The van der Waals surface area contributed by atoms with Crippen LogP contribution in [-0.4, -0.2) is 56.0 Å². The Morgan fingerprint density at radius 2 is 2.25 bits per heavy atom. The van der Waals surface area contributed by atoms with Gasteiger partial charge in [0.2, 0.25) is 0 Å². The van der Waals surface area contributed by atoms with Crippen molar-refractivity contribution in [1.82, 2.24) is 15.1 Å². The largest absolute Gasteiger partial charge is 0.345 e. The van der Waals surface area contributed by atoms with Crippen LogP contribution in [-0.2, 0) is 6.54 Å². The molecule has 0 saturated carbocycles. The van der Waals surface area contributed by atoms with E-state index in [9.17, 15) is 4.79 Å². The highest BCUT2D eigenvalue weighted by atomic mass is 16.2. The quantitative estimate of drug-likeness (QED) is 0.906. The predicted octanol–water partition coefficient (Wildman–Crippen LogP) is 1.57. The monoisotopic (exact) mass is 275 g/mol. The van der Waals surface area contributed by atoms with Gasteiger partial charge < -0.3 is 10.2 Å². The lowest BCUT2D eigenvalue weighted by Gasteiger charge is -2.32. The van der Waals surface area contributed by atoms with E-state index in [-0.39, 0.29) is 5.91 Å². The summed E-state index contributed by atoms with van der Waals surface area (Å²) >= 11 is 0. The molecule has 0 spiro atoms. The molecule has 1 aliphatic rings. The predicted molar refractivity (Wildman–Crippen MR) is 81.8 cm³/mol. The van der Waals surface area contributed by atoms with Gasteiger partial charge in [-0.15, -0.1) is 0 Å². The average molecular weight is 275 g/mol. The Hall–Kier alpha value is -1.39. The molecular weight excluding hydrogens is 250 g/mol. The summed E-state index contributed by atoms with van der Waals surface area (Å²) in [6.45, 7) is 3.15. The Kier molecular flexibility index (Phi) is 5.15. The van der Waals surface area contributed by atoms with Crippen LogP contribution in [0.3, 0.4) is 0 Å². The molecule has 110 valence electrons. The second-order valence-corrected chi connectivity index (χ2v) is 5.76. The molecule has 1 saturated heterocycles. The highest BCUT2D eigenvalue weighted by Gasteiger charge is 2.18. The van der Waals surface area contributed by atoms with Crippen LogP contribution in [0.15, 0.2) is 24.3 Å².